The second kappa shape index (κ2) is 4.28. The lowest BCUT2D eigenvalue weighted by molar-refractivity contribution is -0.138. The predicted octanol–water partition coefficient (Wildman–Crippen LogP) is 1.19. The van der Waals surface area contributed by atoms with Crippen molar-refractivity contribution in [3.05, 3.63) is 42.1 Å². The molecule has 4 nitrogen and oxygen atoms in total. The smallest absolute Gasteiger partial charge is 0.320 e. The molecule has 0 aliphatic heterocycles. The molecule has 3 N–H and O–H groups in total. The van der Waals surface area contributed by atoms with E-state index in [-0.39, 0.29) is 0 Å². The summed E-state index contributed by atoms with van der Waals surface area (Å²) in [5.74, 6) is -0.992. The molecule has 0 bridgehead atoms. The highest BCUT2D eigenvalue weighted by molar-refractivity contribution is 5.79. The molecule has 0 saturated heterocycles. The van der Waals surface area contributed by atoms with Gasteiger partial charge >= 0.3 is 5.97 Å². The highest BCUT2D eigenvalue weighted by Gasteiger charge is 2.12. The summed E-state index contributed by atoms with van der Waals surface area (Å²) in [6, 6.07) is 8.74. The lowest BCUT2D eigenvalue weighted by Crippen LogP contribution is -2.32. The van der Waals surface area contributed by atoms with Crippen molar-refractivity contribution in [3.63, 3.8) is 0 Å². The summed E-state index contributed by atoms with van der Waals surface area (Å²) in [7, 11) is 0. The number of carbonyl (C=O) groups is 1. The first-order chi connectivity index (χ1) is 7.66. The third-order valence-corrected chi connectivity index (χ3v) is 2.42. The van der Waals surface area contributed by atoms with Crippen molar-refractivity contribution in [1.82, 2.24) is 4.98 Å². The van der Waals surface area contributed by atoms with Crippen molar-refractivity contribution in [2.24, 2.45) is 5.73 Å². The molecule has 2 aromatic rings. The fourth-order valence-corrected chi connectivity index (χ4v) is 1.57. The van der Waals surface area contributed by atoms with Gasteiger partial charge in [-0.3, -0.25) is 9.78 Å². The number of hydrogen-bond acceptors (Lipinski definition) is 3. The highest BCUT2D eigenvalue weighted by Crippen LogP contribution is 2.13. The highest BCUT2D eigenvalue weighted by atomic mass is 16.4. The number of nitrogens with zero attached hydrogens (tertiary/aromatic N) is 1. The Bertz CT molecular complexity index is 525. The summed E-state index contributed by atoms with van der Waals surface area (Å²) in [4.78, 5) is 14.9. The number of aromatic nitrogens is 1. The van der Waals surface area contributed by atoms with Gasteiger partial charge in [-0.15, -0.1) is 0 Å². The van der Waals surface area contributed by atoms with E-state index in [1.807, 2.05) is 30.3 Å². The maximum absolute atomic E-state index is 10.6. The molecule has 1 aromatic carbocycles. The molecule has 0 radical (unpaired) electrons. The predicted molar refractivity (Wildman–Crippen MR) is 61.1 cm³/mol. The van der Waals surface area contributed by atoms with Gasteiger partial charge in [0.2, 0.25) is 0 Å². The molecular formula is C12H12N2O2. The molecule has 0 saturated carbocycles. The van der Waals surface area contributed by atoms with Crippen LogP contribution in [-0.2, 0) is 11.2 Å². The SMILES string of the molecule is N[C@H](Cc1cnc2ccccc2c1)C(=O)O. The number of benzene rings is 1. The van der Waals surface area contributed by atoms with Crippen LogP contribution in [0.1, 0.15) is 5.56 Å². The first-order valence-electron chi connectivity index (χ1n) is 4.99. The topological polar surface area (TPSA) is 76.2 Å². The largest absolute Gasteiger partial charge is 0.480 e. The van der Waals surface area contributed by atoms with Gasteiger partial charge < -0.3 is 10.8 Å². The number of pyridine rings is 1. The van der Waals surface area contributed by atoms with Crippen LogP contribution in [0, 0.1) is 0 Å². The van der Waals surface area contributed by atoms with Gasteiger partial charge in [0.25, 0.3) is 0 Å². The van der Waals surface area contributed by atoms with Crippen molar-refractivity contribution in [2.75, 3.05) is 0 Å². The van der Waals surface area contributed by atoms with E-state index < -0.39 is 12.0 Å². The molecule has 0 aliphatic rings. The molecule has 0 aliphatic carbocycles. The molecule has 0 amide bonds. The third-order valence-electron chi connectivity index (χ3n) is 2.42. The van der Waals surface area contributed by atoms with Crippen molar-refractivity contribution < 1.29 is 9.90 Å². The quantitative estimate of drug-likeness (QED) is 0.808. The minimum atomic E-state index is -0.992. The van der Waals surface area contributed by atoms with Gasteiger partial charge in [0.15, 0.2) is 0 Å². The Labute approximate surface area is 92.7 Å². The molecule has 1 heterocycles. The molecule has 4 heteroatoms. The van der Waals surface area contributed by atoms with Gasteiger partial charge in [-0.25, -0.2) is 0 Å². The van der Waals surface area contributed by atoms with Crippen LogP contribution in [0.5, 0.6) is 0 Å². The van der Waals surface area contributed by atoms with E-state index in [0.717, 1.165) is 16.5 Å². The van der Waals surface area contributed by atoms with E-state index >= 15 is 0 Å². The summed E-state index contributed by atoms with van der Waals surface area (Å²) in [6.45, 7) is 0. The van der Waals surface area contributed by atoms with Crippen LogP contribution in [0.4, 0.5) is 0 Å². The molecule has 1 aromatic heterocycles. The Morgan fingerprint density at radius 1 is 1.44 bits per heavy atom. The number of hydrogen-bond donors (Lipinski definition) is 2. The standard InChI is InChI=1S/C12H12N2O2/c13-10(12(15)16)6-8-5-9-3-1-2-4-11(9)14-7-8/h1-5,7,10H,6,13H2,(H,15,16)/t10-/m1/s1. The molecule has 82 valence electrons. The lowest BCUT2D eigenvalue weighted by atomic mass is 10.1. The lowest BCUT2D eigenvalue weighted by Gasteiger charge is -2.06. The van der Waals surface area contributed by atoms with Crippen molar-refractivity contribution in [2.45, 2.75) is 12.5 Å². The van der Waals surface area contributed by atoms with Gasteiger partial charge in [-0.2, -0.15) is 0 Å². The second-order valence-electron chi connectivity index (χ2n) is 3.69. The van der Waals surface area contributed by atoms with E-state index in [1.165, 1.54) is 0 Å². The maximum Gasteiger partial charge on any atom is 0.320 e. The van der Waals surface area contributed by atoms with Gasteiger partial charge in [0, 0.05) is 11.6 Å². The minimum Gasteiger partial charge on any atom is -0.480 e. The molecular weight excluding hydrogens is 204 g/mol. The third kappa shape index (κ3) is 2.17. The van der Waals surface area contributed by atoms with Gasteiger partial charge in [0.05, 0.1) is 5.52 Å². The van der Waals surface area contributed by atoms with Gasteiger partial charge in [-0.05, 0) is 24.1 Å². The van der Waals surface area contributed by atoms with Crippen LogP contribution in [0.3, 0.4) is 0 Å². The molecule has 0 fully saturated rings. The Balaban J connectivity index is 2.29. The van der Waals surface area contributed by atoms with E-state index in [2.05, 4.69) is 4.98 Å². The number of fused-ring (bicyclic) bond motifs is 1. The van der Waals surface area contributed by atoms with Crippen molar-refractivity contribution in [3.8, 4) is 0 Å². The number of carboxylic acids is 1. The van der Waals surface area contributed by atoms with Crippen LogP contribution >= 0.6 is 0 Å². The minimum absolute atomic E-state index is 0.299. The van der Waals surface area contributed by atoms with Crippen molar-refractivity contribution in [1.29, 1.82) is 0 Å². The molecule has 16 heavy (non-hydrogen) atoms. The normalized spacial score (nSPS) is 12.6. The summed E-state index contributed by atoms with van der Waals surface area (Å²) < 4.78 is 0. The summed E-state index contributed by atoms with van der Waals surface area (Å²) in [6.07, 6.45) is 1.97. The second-order valence-corrected chi connectivity index (χ2v) is 3.69. The summed E-state index contributed by atoms with van der Waals surface area (Å²) in [5.41, 5.74) is 7.20. The van der Waals surface area contributed by atoms with E-state index in [4.69, 9.17) is 10.8 Å². The van der Waals surface area contributed by atoms with Crippen molar-refractivity contribution >= 4 is 16.9 Å². The number of aliphatic carboxylic acids is 1. The average molecular weight is 216 g/mol. The number of para-hydroxylation sites is 1. The zero-order valence-corrected chi connectivity index (χ0v) is 8.63. The van der Waals surface area contributed by atoms with Gasteiger partial charge in [-0.1, -0.05) is 18.2 Å². The molecule has 0 unspecified atom stereocenters. The van der Waals surface area contributed by atoms with E-state index in [1.54, 1.807) is 6.20 Å². The Morgan fingerprint density at radius 3 is 2.94 bits per heavy atom. The summed E-state index contributed by atoms with van der Waals surface area (Å²) >= 11 is 0. The van der Waals surface area contributed by atoms with Crippen LogP contribution < -0.4 is 5.73 Å². The average Bonchev–Trinajstić information content (AvgIpc) is 2.28. The summed E-state index contributed by atoms with van der Waals surface area (Å²) in [5, 5.41) is 9.71. The Hall–Kier alpha value is -1.94. The van der Waals surface area contributed by atoms with E-state index in [0.29, 0.717) is 6.42 Å². The zero-order valence-electron chi connectivity index (χ0n) is 8.63. The monoisotopic (exact) mass is 216 g/mol. The van der Waals surface area contributed by atoms with Crippen LogP contribution in [-0.4, -0.2) is 22.1 Å². The fourth-order valence-electron chi connectivity index (χ4n) is 1.57. The van der Waals surface area contributed by atoms with Crippen LogP contribution in [0.25, 0.3) is 10.9 Å². The van der Waals surface area contributed by atoms with Gasteiger partial charge in [0.1, 0.15) is 6.04 Å². The Kier molecular flexibility index (Phi) is 2.83. The first-order valence-corrected chi connectivity index (χ1v) is 4.99. The van der Waals surface area contributed by atoms with Crippen LogP contribution in [0.15, 0.2) is 36.5 Å². The fraction of sp³-hybridized carbons (Fsp3) is 0.167. The molecule has 1 atom stereocenters. The molecule has 2 rings (SSSR count). The van der Waals surface area contributed by atoms with E-state index in [9.17, 15) is 4.79 Å². The number of carboxylic acid groups (broad SMARTS) is 1. The Morgan fingerprint density at radius 2 is 2.19 bits per heavy atom. The maximum atomic E-state index is 10.6. The molecule has 0 spiro atoms. The number of nitrogens with two attached hydrogens (primary N) is 1. The first kappa shape index (κ1) is 10.6. The van der Waals surface area contributed by atoms with Crippen LogP contribution in [0.2, 0.25) is 0 Å². The number of rotatable bonds is 3. The zero-order chi connectivity index (χ0) is 11.5.